The van der Waals surface area contributed by atoms with E-state index in [2.05, 4.69) is 20.4 Å². The van der Waals surface area contributed by atoms with Gasteiger partial charge < -0.3 is 20.1 Å². The summed E-state index contributed by atoms with van der Waals surface area (Å²) in [5.41, 5.74) is 11.2. The molecule has 0 amide bonds. The molecular formula is C19H16BN5O3. The lowest BCUT2D eigenvalue weighted by molar-refractivity contribution is 0.210. The zero-order valence-electron chi connectivity index (χ0n) is 14.8. The van der Waals surface area contributed by atoms with Gasteiger partial charge in [0.05, 0.1) is 29.7 Å². The van der Waals surface area contributed by atoms with Crippen LogP contribution in [0, 0.1) is 0 Å². The fraction of sp³-hybridized carbons (Fsp3) is 0.105. The highest BCUT2D eigenvalue weighted by atomic mass is 16.6. The lowest BCUT2D eigenvalue weighted by atomic mass is 9.76. The van der Waals surface area contributed by atoms with Crippen LogP contribution < -0.4 is 15.9 Å². The summed E-state index contributed by atoms with van der Waals surface area (Å²) in [4.78, 5) is 0. The highest BCUT2D eigenvalue weighted by molar-refractivity contribution is 6.61. The minimum absolute atomic E-state index is 0.313. The van der Waals surface area contributed by atoms with Crippen molar-refractivity contribution in [3.63, 3.8) is 0 Å². The largest absolute Gasteiger partial charge is 0.495 e. The van der Waals surface area contributed by atoms with E-state index < -0.39 is 7.12 Å². The normalized spacial score (nSPS) is 13.8. The van der Waals surface area contributed by atoms with E-state index in [0.717, 1.165) is 27.8 Å². The molecule has 1 aliphatic heterocycles. The zero-order chi connectivity index (χ0) is 19.1. The molecule has 4 N–H and O–H groups in total. The van der Waals surface area contributed by atoms with E-state index in [1.54, 1.807) is 6.20 Å². The summed E-state index contributed by atoms with van der Waals surface area (Å²) in [6.45, 7) is 0.683. The van der Waals surface area contributed by atoms with Crippen LogP contribution in [0.5, 0.6) is 5.75 Å². The Balaban J connectivity index is 1.76. The molecule has 0 spiro atoms. The number of rotatable bonds is 2. The molecule has 0 fully saturated rings. The van der Waals surface area contributed by atoms with Gasteiger partial charge in [0.15, 0.2) is 0 Å². The number of aromatic amines is 1. The Morgan fingerprint density at radius 1 is 1.11 bits per heavy atom. The number of hydrogen-bond acceptors (Lipinski definition) is 7. The molecule has 0 bridgehead atoms. The Morgan fingerprint density at radius 3 is 2.89 bits per heavy atom. The number of nitrogens with two attached hydrogens (primary N) is 1. The van der Waals surface area contributed by atoms with Crippen LogP contribution in [0.3, 0.4) is 0 Å². The quantitative estimate of drug-likeness (QED) is 0.454. The van der Waals surface area contributed by atoms with Gasteiger partial charge in [-0.3, -0.25) is 5.10 Å². The topological polar surface area (TPSA) is 119 Å². The van der Waals surface area contributed by atoms with Crippen LogP contribution in [0.2, 0.25) is 0 Å². The first-order chi connectivity index (χ1) is 13.7. The number of benzene rings is 2. The number of nitrogens with zero attached hydrogens (tertiary/aromatic N) is 3. The smallest absolute Gasteiger partial charge is 0.492 e. The molecule has 4 aromatic rings. The fourth-order valence-corrected chi connectivity index (χ4v) is 3.43. The molecule has 8 nitrogen and oxygen atoms in total. The number of hydrogen-bond donors (Lipinski definition) is 3. The van der Waals surface area contributed by atoms with Gasteiger partial charge in [0.25, 0.3) is 0 Å². The first kappa shape index (κ1) is 16.7. The van der Waals surface area contributed by atoms with Gasteiger partial charge >= 0.3 is 7.12 Å². The Labute approximate surface area is 160 Å². The molecule has 0 saturated carbocycles. The summed E-state index contributed by atoms with van der Waals surface area (Å²) >= 11 is 0. The van der Waals surface area contributed by atoms with E-state index in [-0.39, 0.29) is 0 Å². The van der Waals surface area contributed by atoms with Gasteiger partial charge in [-0.05, 0) is 35.4 Å². The second-order valence-corrected chi connectivity index (χ2v) is 6.50. The van der Waals surface area contributed by atoms with Crippen LogP contribution in [0.4, 0.5) is 5.69 Å². The molecule has 2 aromatic heterocycles. The van der Waals surface area contributed by atoms with E-state index in [9.17, 15) is 5.02 Å². The van der Waals surface area contributed by atoms with E-state index >= 15 is 0 Å². The molecule has 0 unspecified atom stereocenters. The molecule has 5 rings (SSSR count). The number of ether oxygens (including phenoxy) is 1. The zero-order valence-corrected chi connectivity index (χ0v) is 14.8. The van der Waals surface area contributed by atoms with Crippen molar-refractivity contribution in [2.45, 2.75) is 0 Å². The average Bonchev–Trinajstić information content (AvgIpc) is 3.19. The van der Waals surface area contributed by atoms with Crippen molar-refractivity contribution in [3.05, 3.63) is 48.8 Å². The predicted octanol–water partition coefficient (Wildman–Crippen LogP) is 1.37. The van der Waals surface area contributed by atoms with E-state index in [4.69, 9.17) is 15.1 Å². The summed E-state index contributed by atoms with van der Waals surface area (Å²) in [6, 6.07) is 11.4. The minimum atomic E-state index is -1.06. The molecule has 9 heteroatoms. The van der Waals surface area contributed by atoms with Gasteiger partial charge in [-0.2, -0.15) is 15.3 Å². The summed E-state index contributed by atoms with van der Waals surface area (Å²) in [5, 5.41) is 26.5. The summed E-state index contributed by atoms with van der Waals surface area (Å²) in [7, 11) is -1.06. The monoisotopic (exact) mass is 373 g/mol. The molecule has 0 aliphatic carbocycles. The molecule has 1 aliphatic rings. The fourth-order valence-electron chi connectivity index (χ4n) is 3.43. The van der Waals surface area contributed by atoms with Crippen LogP contribution in [0.25, 0.3) is 33.3 Å². The molecular weight excluding hydrogens is 357 g/mol. The first-order valence-electron chi connectivity index (χ1n) is 8.82. The average molecular weight is 373 g/mol. The molecule has 138 valence electrons. The first-order valence-corrected chi connectivity index (χ1v) is 8.82. The van der Waals surface area contributed by atoms with Gasteiger partial charge in [-0.15, -0.1) is 0 Å². The Hall–Kier alpha value is -3.43. The summed E-state index contributed by atoms with van der Waals surface area (Å²) < 4.78 is 11.2. The maximum atomic E-state index is 10.4. The van der Waals surface area contributed by atoms with Crippen LogP contribution in [0.1, 0.15) is 0 Å². The second kappa shape index (κ2) is 6.63. The minimum Gasteiger partial charge on any atom is -0.492 e. The third kappa shape index (κ3) is 2.77. The maximum absolute atomic E-state index is 10.4. The summed E-state index contributed by atoms with van der Waals surface area (Å²) in [6.07, 6.45) is 3.29. The highest BCUT2D eigenvalue weighted by Gasteiger charge is 2.27. The van der Waals surface area contributed by atoms with Crippen molar-refractivity contribution in [1.29, 1.82) is 0 Å². The van der Waals surface area contributed by atoms with Gasteiger partial charge in [0.1, 0.15) is 12.4 Å². The molecule has 28 heavy (non-hydrogen) atoms. The Kier molecular flexibility index (Phi) is 3.96. The van der Waals surface area contributed by atoms with Crippen molar-refractivity contribution in [1.82, 2.24) is 20.4 Å². The maximum Gasteiger partial charge on any atom is 0.495 e. The van der Waals surface area contributed by atoms with Gasteiger partial charge in [-0.25, -0.2) is 0 Å². The second-order valence-electron chi connectivity index (χ2n) is 6.50. The van der Waals surface area contributed by atoms with Crippen LogP contribution in [-0.4, -0.2) is 45.8 Å². The van der Waals surface area contributed by atoms with Gasteiger partial charge in [0.2, 0.25) is 0 Å². The standard InChI is InChI=1S/C19H16BN5O3/c21-16-10-23-25-18-7-11(1-2-12(16)18)13-8-15-19(27-5-6-28-20(15)26)9-14(13)17-3-4-22-24-17/h1-4,7-10,26H,5-6H2,(H2,21,25)(H,22,24). The number of nitrogen functional groups attached to an aromatic ring is 1. The molecule has 0 saturated heterocycles. The number of nitrogens with one attached hydrogen (secondary N) is 1. The van der Waals surface area contributed by atoms with Crippen molar-refractivity contribution in [3.8, 4) is 28.1 Å². The van der Waals surface area contributed by atoms with E-state index in [1.165, 1.54) is 6.20 Å². The Bertz CT molecular complexity index is 1170. The van der Waals surface area contributed by atoms with E-state index in [0.29, 0.717) is 35.6 Å². The lowest BCUT2D eigenvalue weighted by Gasteiger charge is -2.15. The van der Waals surface area contributed by atoms with Crippen molar-refractivity contribution in [2.24, 2.45) is 0 Å². The number of anilines is 1. The Morgan fingerprint density at radius 2 is 2.04 bits per heavy atom. The number of H-pyrrole nitrogens is 1. The van der Waals surface area contributed by atoms with Crippen LogP contribution in [-0.2, 0) is 4.65 Å². The highest BCUT2D eigenvalue weighted by Crippen LogP contribution is 2.35. The molecule has 0 atom stereocenters. The van der Waals surface area contributed by atoms with Gasteiger partial charge in [-0.1, -0.05) is 12.1 Å². The van der Waals surface area contributed by atoms with E-state index in [1.807, 2.05) is 36.4 Å². The number of fused-ring (bicyclic) bond motifs is 2. The summed E-state index contributed by atoms with van der Waals surface area (Å²) in [5.74, 6) is 0.580. The van der Waals surface area contributed by atoms with Crippen molar-refractivity contribution >= 4 is 29.2 Å². The van der Waals surface area contributed by atoms with Crippen molar-refractivity contribution in [2.75, 3.05) is 18.9 Å². The molecule has 0 radical (unpaired) electrons. The number of aromatic nitrogens is 4. The van der Waals surface area contributed by atoms with Gasteiger partial charge in [0, 0.05) is 22.6 Å². The molecule has 3 heterocycles. The van der Waals surface area contributed by atoms with Crippen molar-refractivity contribution < 1.29 is 14.4 Å². The predicted molar refractivity (Wildman–Crippen MR) is 106 cm³/mol. The molecule has 2 aromatic carbocycles. The third-order valence-electron chi connectivity index (χ3n) is 4.79. The van der Waals surface area contributed by atoms with Crippen LogP contribution >= 0.6 is 0 Å². The lowest BCUT2D eigenvalue weighted by Crippen LogP contribution is -2.33. The third-order valence-corrected chi connectivity index (χ3v) is 4.79. The van der Waals surface area contributed by atoms with Crippen LogP contribution in [0.15, 0.2) is 48.8 Å². The SMILES string of the molecule is Nc1cnnc2cc(-c3cc4c(cc3-c3cc[nH]n3)OCCOB4O)ccc12.